The Bertz CT molecular complexity index is 2930. The highest BCUT2D eigenvalue weighted by molar-refractivity contribution is 6.24. The van der Waals surface area contributed by atoms with E-state index in [1.54, 1.807) is 49.5 Å². The van der Waals surface area contributed by atoms with Gasteiger partial charge in [-0.3, -0.25) is 43.8 Å². The van der Waals surface area contributed by atoms with Crippen LogP contribution in [-0.4, -0.2) is 177 Å². The molecule has 2 saturated heterocycles. The molecular formula is C59H71N5O19. The Kier molecular flexibility index (Phi) is 23.3. The molecule has 4 aromatic carbocycles. The smallest absolute Gasteiger partial charge is 0.329 e. The minimum Gasteiger partial charge on any atom is -0.493 e. The molecule has 83 heavy (non-hydrogen) atoms. The van der Waals surface area contributed by atoms with E-state index in [2.05, 4.69) is 16.0 Å². The molecular weight excluding hydrogens is 1080 g/mol. The van der Waals surface area contributed by atoms with Gasteiger partial charge in [-0.1, -0.05) is 24.3 Å². The maximum absolute atomic E-state index is 14.3. The number of likely N-dealkylation sites (tertiary alicyclic amines) is 1. The molecule has 3 aliphatic heterocycles. The van der Waals surface area contributed by atoms with Crippen LogP contribution in [0.1, 0.15) is 82.0 Å². The molecule has 3 aliphatic rings. The number of rotatable bonds is 32. The molecule has 7 amide bonds. The molecule has 0 radical (unpaired) electrons. The van der Waals surface area contributed by atoms with Crippen molar-refractivity contribution >= 4 is 47.3 Å². The first-order valence-electron chi connectivity index (χ1n) is 27.2. The van der Waals surface area contributed by atoms with Gasteiger partial charge in [0, 0.05) is 26.1 Å². The van der Waals surface area contributed by atoms with Crippen molar-refractivity contribution in [2.24, 2.45) is 0 Å². The molecule has 24 heteroatoms. The number of amides is 7. The monoisotopic (exact) mass is 1150 g/mol. The van der Waals surface area contributed by atoms with Gasteiger partial charge in [0.05, 0.1) is 92.7 Å². The van der Waals surface area contributed by atoms with E-state index in [1.165, 1.54) is 39.5 Å². The second-order valence-corrected chi connectivity index (χ2v) is 19.3. The van der Waals surface area contributed by atoms with Gasteiger partial charge in [0.25, 0.3) is 23.6 Å². The summed E-state index contributed by atoms with van der Waals surface area (Å²) in [4.78, 5) is 106. The topological polar surface area (TPSA) is 281 Å². The lowest BCUT2D eigenvalue weighted by Gasteiger charge is -2.35. The fourth-order valence-electron chi connectivity index (χ4n) is 9.71. The molecule has 0 saturated carbocycles. The minimum atomic E-state index is -1.13. The van der Waals surface area contributed by atoms with Gasteiger partial charge in [-0.2, -0.15) is 0 Å². The van der Waals surface area contributed by atoms with Crippen molar-refractivity contribution in [3.8, 4) is 40.2 Å². The highest BCUT2D eigenvalue weighted by atomic mass is 16.6. The maximum atomic E-state index is 14.3. The first-order valence-corrected chi connectivity index (χ1v) is 27.2. The van der Waals surface area contributed by atoms with Gasteiger partial charge in [-0.15, -0.1) is 0 Å². The number of nitrogens with one attached hydrogen (secondary N) is 3. The zero-order chi connectivity index (χ0) is 59.3. The van der Waals surface area contributed by atoms with E-state index in [0.29, 0.717) is 71.4 Å². The van der Waals surface area contributed by atoms with E-state index in [0.717, 1.165) is 23.3 Å². The summed E-state index contributed by atoms with van der Waals surface area (Å²) in [6, 6.07) is 18.5. The van der Waals surface area contributed by atoms with Crippen LogP contribution in [0.3, 0.4) is 0 Å². The normalized spacial score (nSPS) is 16.1. The zero-order valence-electron chi connectivity index (χ0n) is 47.2. The third kappa shape index (κ3) is 16.8. The molecule has 3 N–H and O–H groups in total. The van der Waals surface area contributed by atoms with Gasteiger partial charge in [0.15, 0.2) is 36.2 Å². The summed E-state index contributed by atoms with van der Waals surface area (Å²) in [6.07, 6.45) is 1.98. The van der Waals surface area contributed by atoms with Crippen LogP contribution in [0.4, 0.5) is 0 Å². The average Bonchev–Trinajstić information content (AvgIpc) is 4.04. The maximum Gasteiger partial charge on any atom is 0.329 e. The van der Waals surface area contributed by atoms with Crippen molar-refractivity contribution < 1.29 is 90.5 Å². The number of hydrogen-bond donors (Lipinski definition) is 3. The Balaban J connectivity index is 0.796. The summed E-state index contributed by atoms with van der Waals surface area (Å²) in [5.74, 6) is -1.53. The van der Waals surface area contributed by atoms with Crippen LogP contribution in [0.25, 0.3) is 0 Å². The largest absolute Gasteiger partial charge is 0.493 e. The number of aryl methyl sites for hydroxylation is 1. The number of carbonyl (C=O) groups excluding carboxylic acids is 8. The summed E-state index contributed by atoms with van der Waals surface area (Å²) in [7, 11) is 7.63. The number of ether oxygens (including phenoxy) is 11. The van der Waals surface area contributed by atoms with Gasteiger partial charge in [-0.25, -0.2) is 4.79 Å². The van der Waals surface area contributed by atoms with Crippen molar-refractivity contribution in [1.82, 2.24) is 25.8 Å². The van der Waals surface area contributed by atoms with E-state index in [-0.39, 0.29) is 107 Å². The Morgan fingerprint density at radius 1 is 0.639 bits per heavy atom. The molecule has 3 heterocycles. The van der Waals surface area contributed by atoms with E-state index in [9.17, 15) is 38.4 Å². The van der Waals surface area contributed by atoms with Crippen LogP contribution >= 0.6 is 0 Å². The van der Waals surface area contributed by atoms with Crippen LogP contribution in [0.5, 0.6) is 40.2 Å². The predicted octanol–water partition coefficient (Wildman–Crippen LogP) is 3.71. The highest BCUT2D eigenvalue weighted by Crippen LogP contribution is 2.39. The second-order valence-electron chi connectivity index (χ2n) is 19.3. The van der Waals surface area contributed by atoms with Gasteiger partial charge in [-0.05, 0) is 104 Å². The number of hydrogen-bond acceptors (Lipinski definition) is 19. The van der Waals surface area contributed by atoms with Crippen molar-refractivity contribution in [2.75, 3.05) is 108 Å². The van der Waals surface area contributed by atoms with Crippen LogP contribution in [0, 0.1) is 0 Å². The number of fused-ring (bicyclic) bond motifs is 1. The summed E-state index contributed by atoms with van der Waals surface area (Å²) < 4.78 is 61.9. The highest BCUT2D eigenvalue weighted by Gasteiger charge is 2.46. The molecule has 0 spiro atoms. The lowest BCUT2D eigenvalue weighted by molar-refractivity contribution is -0.162. The molecule has 24 nitrogen and oxygen atoms in total. The number of nitrogens with zero attached hydrogens (tertiary/aromatic N) is 2. The van der Waals surface area contributed by atoms with Crippen LogP contribution in [0.2, 0.25) is 0 Å². The fraction of sp³-hybridized carbons (Fsp3) is 0.458. The number of benzene rings is 4. The number of esters is 1. The van der Waals surface area contributed by atoms with Crippen LogP contribution in [0.15, 0.2) is 72.8 Å². The molecule has 7 rings (SSSR count). The van der Waals surface area contributed by atoms with Gasteiger partial charge < -0.3 is 67.6 Å². The molecule has 446 valence electrons. The number of carbonyl (C=O) groups is 8. The molecule has 2 fully saturated rings. The Morgan fingerprint density at radius 2 is 1.28 bits per heavy atom. The molecule has 1 unspecified atom stereocenters. The lowest BCUT2D eigenvalue weighted by Crippen LogP contribution is -2.54. The lowest BCUT2D eigenvalue weighted by atomic mass is 9.99. The van der Waals surface area contributed by atoms with Crippen LogP contribution in [-0.2, 0) is 60.6 Å². The van der Waals surface area contributed by atoms with Crippen molar-refractivity contribution in [3.05, 3.63) is 101 Å². The number of imide groups is 2. The summed E-state index contributed by atoms with van der Waals surface area (Å²) in [5, 5.41) is 7.56. The predicted molar refractivity (Wildman–Crippen MR) is 295 cm³/mol. The number of methoxy groups -OCH3 is 5. The zero-order valence-corrected chi connectivity index (χ0v) is 47.2. The van der Waals surface area contributed by atoms with Crippen molar-refractivity contribution in [3.63, 3.8) is 0 Å². The van der Waals surface area contributed by atoms with Gasteiger partial charge in [0.1, 0.15) is 29.7 Å². The average molecular weight is 1150 g/mol. The third-order valence-electron chi connectivity index (χ3n) is 13.8. The fourth-order valence-corrected chi connectivity index (χ4v) is 9.71. The first-order chi connectivity index (χ1) is 40.3. The Labute approximate surface area is 480 Å². The standard InChI is InChI=1S/C59H71N5O19/c1-73-45-19-16-37(30-47(45)74-2)15-18-44(83-59(72)43-13-6-7-23-63(43)53(68)33-38-31-48(75-3)55(77-5)49(32-38)76-4)39-10-8-11-40(34-39)81-35-51(66)60-21-24-78-26-28-80-29-27-79-25-22-61-52(67)36-82-46-14-9-12-41-54(46)58(71)64(57(41)70)42-17-20-50(65)62-56(42)69/h8-12,14,16,19,30-32,34,42-44H,6-7,13,15,17-18,20-29,33,35-36H2,1-5H3,(H,60,66)(H,61,67)(H,62,65,69)/t42?,43-,44+/m0/s1. The van der Waals surface area contributed by atoms with E-state index in [1.807, 2.05) is 24.3 Å². The van der Waals surface area contributed by atoms with Crippen molar-refractivity contribution in [2.45, 2.75) is 69.6 Å². The molecule has 0 bridgehead atoms. The molecule has 0 aliphatic carbocycles. The SMILES string of the molecule is COc1ccc(CC[C@@H](OC(=O)[C@@H]2CCCCN2C(=O)Cc2cc(OC)c(OC)c(OC)c2)c2cccc(OCC(=O)NCCOCCOCCOCCNC(=O)COc3cccc4c3C(=O)N(C3CCC(=O)NC3=O)C4=O)c2)cc1OC. The first kappa shape index (κ1) is 62.1. The third-order valence-corrected chi connectivity index (χ3v) is 13.8. The summed E-state index contributed by atoms with van der Waals surface area (Å²) in [5.41, 5.74) is 2.16. The summed E-state index contributed by atoms with van der Waals surface area (Å²) in [6.45, 7) is 1.45. The number of piperidine rings is 2. The second kappa shape index (κ2) is 31.1. The van der Waals surface area contributed by atoms with Gasteiger partial charge >= 0.3 is 5.97 Å². The minimum absolute atomic E-state index is 0.0104. The Hall–Kier alpha value is -8.48. The van der Waals surface area contributed by atoms with Gasteiger partial charge in [0.2, 0.25) is 23.5 Å². The Morgan fingerprint density at radius 3 is 1.93 bits per heavy atom. The van der Waals surface area contributed by atoms with Crippen LogP contribution < -0.4 is 49.1 Å². The van der Waals surface area contributed by atoms with E-state index >= 15 is 0 Å². The summed E-state index contributed by atoms with van der Waals surface area (Å²) >= 11 is 0. The quantitative estimate of drug-likeness (QED) is 0.0357. The van der Waals surface area contributed by atoms with Crippen molar-refractivity contribution in [1.29, 1.82) is 0 Å². The molecule has 3 atom stereocenters. The van der Waals surface area contributed by atoms with E-state index in [4.69, 9.17) is 52.1 Å². The molecule has 4 aromatic rings. The van der Waals surface area contributed by atoms with E-state index < -0.39 is 60.3 Å². The molecule has 0 aromatic heterocycles.